The van der Waals surface area contributed by atoms with Crippen LogP contribution in [0.25, 0.3) is 10.8 Å². The zero-order chi connectivity index (χ0) is 21.8. The molecule has 2 aromatic carbocycles. The number of para-hydroxylation sites is 1. The first-order valence-corrected chi connectivity index (χ1v) is 10.2. The summed E-state index contributed by atoms with van der Waals surface area (Å²) in [5, 5.41) is 10.3. The van der Waals surface area contributed by atoms with Crippen molar-refractivity contribution >= 4 is 22.5 Å². The molecule has 0 aliphatic carbocycles. The number of nitrogens with one attached hydrogen (secondary N) is 2. The van der Waals surface area contributed by atoms with Gasteiger partial charge in [-0.15, -0.1) is 0 Å². The van der Waals surface area contributed by atoms with E-state index in [0.29, 0.717) is 23.0 Å². The Bertz CT molecular complexity index is 1140. The predicted octanol–water partition coefficient (Wildman–Crippen LogP) is 3.09. The van der Waals surface area contributed by atoms with Crippen molar-refractivity contribution in [3.8, 4) is 0 Å². The van der Waals surface area contributed by atoms with Crippen LogP contribution in [0.4, 0.5) is 19.3 Å². The number of hydrogen-bond donors (Lipinski definition) is 2. The number of anilines is 1. The Labute approximate surface area is 177 Å². The number of rotatable bonds is 6. The van der Waals surface area contributed by atoms with Gasteiger partial charge in [0.25, 0.3) is 5.56 Å². The van der Waals surface area contributed by atoms with Crippen molar-refractivity contribution in [1.29, 1.82) is 0 Å². The number of amides is 2. The second-order valence-corrected chi connectivity index (χ2v) is 7.47. The summed E-state index contributed by atoms with van der Waals surface area (Å²) in [7, 11) is 0. The molecule has 2 heterocycles. The van der Waals surface area contributed by atoms with Crippen LogP contribution in [0.2, 0.25) is 0 Å². The quantitative estimate of drug-likeness (QED) is 0.634. The van der Waals surface area contributed by atoms with Gasteiger partial charge in [-0.05, 0) is 44.1 Å². The van der Waals surface area contributed by atoms with Crippen LogP contribution >= 0.6 is 0 Å². The molecule has 162 valence electrons. The highest BCUT2D eigenvalue weighted by Crippen LogP contribution is 2.18. The fourth-order valence-electron chi connectivity index (χ4n) is 3.77. The number of likely N-dealkylation sites (tertiary alicyclic amines) is 1. The molecule has 4 rings (SSSR count). The molecule has 0 saturated carbocycles. The average Bonchev–Trinajstić information content (AvgIpc) is 3.29. The normalized spacial score (nSPS) is 14.1. The maximum Gasteiger partial charge on any atom is 0.319 e. The van der Waals surface area contributed by atoms with E-state index in [1.165, 1.54) is 10.7 Å². The van der Waals surface area contributed by atoms with Crippen molar-refractivity contribution in [1.82, 2.24) is 20.0 Å². The van der Waals surface area contributed by atoms with Crippen molar-refractivity contribution in [3.63, 3.8) is 0 Å². The number of carbonyl (C=O) groups is 1. The molecule has 0 radical (unpaired) electrons. The predicted molar refractivity (Wildman–Crippen MR) is 114 cm³/mol. The van der Waals surface area contributed by atoms with Crippen molar-refractivity contribution in [2.75, 3.05) is 25.0 Å². The lowest BCUT2D eigenvalue weighted by molar-refractivity contribution is 0.251. The standard InChI is InChI=1S/C22H23F2N5O2/c23-17-8-5-9-18(24)20(17)26-22(31)25-14-19-15-6-1-2-7-16(15)21(30)29(27-19)13-12-28-10-3-4-11-28/h1-2,5-9H,3-4,10-14H2,(H2,25,26,31). The fraction of sp³-hybridized carbons (Fsp3) is 0.318. The summed E-state index contributed by atoms with van der Waals surface area (Å²) in [6.45, 7) is 3.20. The zero-order valence-electron chi connectivity index (χ0n) is 16.9. The van der Waals surface area contributed by atoms with Gasteiger partial charge in [0.1, 0.15) is 17.3 Å². The second kappa shape index (κ2) is 9.22. The Morgan fingerprint density at radius 2 is 1.65 bits per heavy atom. The minimum absolute atomic E-state index is 0.00753. The van der Waals surface area contributed by atoms with Crippen LogP contribution in [0.5, 0.6) is 0 Å². The number of urea groups is 1. The molecule has 1 aliphatic heterocycles. The monoisotopic (exact) mass is 427 g/mol. The first-order valence-electron chi connectivity index (χ1n) is 10.2. The van der Waals surface area contributed by atoms with Gasteiger partial charge in [-0.2, -0.15) is 5.10 Å². The number of halogens is 2. The molecule has 1 fully saturated rings. The van der Waals surface area contributed by atoms with Gasteiger partial charge in [0.2, 0.25) is 0 Å². The van der Waals surface area contributed by atoms with Gasteiger partial charge in [0.05, 0.1) is 24.2 Å². The van der Waals surface area contributed by atoms with Crippen molar-refractivity contribution in [2.24, 2.45) is 0 Å². The molecule has 1 saturated heterocycles. The lowest BCUT2D eigenvalue weighted by Gasteiger charge is -2.16. The molecule has 0 spiro atoms. The van der Waals surface area contributed by atoms with E-state index < -0.39 is 23.4 Å². The molecule has 0 atom stereocenters. The Hall–Kier alpha value is -3.33. The van der Waals surface area contributed by atoms with E-state index in [1.54, 1.807) is 24.3 Å². The third-order valence-electron chi connectivity index (χ3n) is 5.39. The average molecular weight is 427 g/mol. The molecule has 1 aromatic heterocycles. The molecule has 2 amide bonds. The second-order valence-electron chi connectivity index (χ2n) is 7.47. The SMILES string of the molecule is O=C(NCc1nn(CCN2CCCC2)c(=O)c2ccccc12)Nc1c(F)cccc1F. The van der Waals surface area contributed by atoms with Gasteiger partial charge in [-0.25, -0.2) is 18.3 Å². The fourth-order valence-corrected chi connectivity index (χ4v) is 3.77. The van der Waals surface area contributed by atoms with Crippen LogP contribution < -0.4 is 16.2 Å². The maximum absolute atomic E-state index is 13.8. The van der Waals surface area contributed by atoms with Gasteiger partial charge in [-0.1, -0.05) is 24.3 Å². The molecular formula is C22H23F2N5O2. The zero-order valence-corrected chi connectivity index (χ0v) is 16.9. The summed E-state index contributed by atoms with van der Waals surface area (Å²) in [6, 6.07) is 9.62. The third kappa shape index (κ3) is 4.72. The number of aromatic nitrogens is 2. The van der Waals surface area contributed by atoms with Crippen molar-refractivity contribution in [2.45, 2.75) is 25.9 Å². The van der Waals surface area contributed by atoms with E-state index in [4.69, 9.17) is 0 Å². The number of benzene rings is 2. The molecule has 9 heteroatoms. The van der Waals surface area contributed by atoms with Crippen LogP contribution in [-0.2, 0) is 13.1 Å². The highest BCUT2D eigenvalue weighted by molar-refractivity contribution is 5.90. The lowest BCUT2D eigenvalue weighted by atomic mass is 10.1. The van der Waals surface area contributed by atoms with E-state index in [-0.39, 0.29) is 12.1 Å². The minimum Gasteiger partial charge on any atom is -0.332 e. The van der Waals surface area contributed by atoms with Crippen LogP contribution in [-0.4, -0.2) is 40.3 Å². The summed E-state index contributed by atoms with van der Waals surface area (Å²) in [5.41, 5.74) is -0.203. The Morgan fingerprint density at radius 3 is 2.35 bits per heavy atom. The van der Waals surface area contributed by atoms with Gasteiger partial charge < -0.3 is 15.5 Å². The van der Waals surface area contributed by atoms with Crippen LogP contribution in [0, 0.1) is 11.6 Å². The van der Waals surface area contributed by atoms with Crippen LogP contribution in [0.1, 0.15) is 18.5 Å². The molecule has 2 N–H and O–H groups in total. The van der Waals surface area contributed by atoms with Gasteiger partial charge >= 0.3 is 6.03 Å². The highest BCUT2D eigenvalue weighted by atomic mass is 19.1. The molecule has 3 aromatic rings. The molecular weight excluding hydrogens is 404 g/mol. The summed E-state index contributed by atoms with van der Waals surface area (Å²) >= 11 is 0. The summed E-state index contributed by atoms with van der Waals surface area (Å²) in [6.07, 6.45) is 2.32. The van der Waals surface area contributed by atoms with Crippen molar-refractivity contribution in [3.05, 3.63) is 70.1 Å². The van der Waals surface area contributed by atoms with Crippen LogP contribution in [0.3, 0.4) is 0 Å². The van der Waals surface area contributed by atoms with E-state index in [9.17, 15) is 18.4 Å². The largest absolute Gasteiger partial charge is 0.332 e. The van der Waals surface area contributed by atoms with E-state index >= 15 is 0 Å². The lowest BCUT2D eigenvalue weighted by Crippen LogP contribution is -2.33. The van der Waals surface area contributed by atoms with E-state index in [1.807, 2.05) is 0 Å². The smallest absolute Gasteiger partial charge is 0.319 e. The third-order valence-corrected chi connectivity index (χ3v) is 5.39. The van der Waals surface area contributed by atoms with E-state index in [2.05, 4.69) is 20.6 Å². The Morgan fingerprint density at radius 1 is 0.968 bits per heavy atom. The van der Waals surface area contributed by atoms with E-state index in [0.717, 1.165) is 44.6 Å². The van der Waals surface area contributed by atoms with Gasteiger partial charge in [0.15, 0.2) is 0 Å². The number of nitrogens with zero attached hydrogens (tertiary/aromatic N) is 3. The van der Waals surface area contributed by atoms with Crippen molar-refractivity contribution < 1.29 is 13.6 Å². The summed E-state index contributed by atoms with van der Waals surface area (Å²) in [5.74, 6) is -1.73. The molecule has 0 unspecified atom stereocenters. The topological polar surface area (TPSA) is 79.3 Å². The van der Waals surface area contributed by atoms with Crippen LogP contribution in [0.15, 0.2) is 47.3 Å². The molecule has 1 aliphatic rings. The first-order chi connectivity index (χ1) is 15.0. The Balaban J connectivity index is 1.52. The maximum atomic E-state index is 13.8. The van der Waals surface area contributed by atoms with Gasteiger partial charge in [-0.3, -0.25) is 4.79 Å². The summed E-state index contributed by atoms with van der Waals surface area (Å²) < 4.78 is 28.9. The minimum atomic E-state index is -0.866. The Kier molecular flexibility index (Phi) is 6.22. The molecule has 0 bridgehead atoms. The first kappa shape index (κ1) is 20.9. The number of carbonyl (C=O) groups excluding carboxylic acids is 1. The van der Waals surface area contributed by atoms with Gasteiger partial charge in [0, 0.05) is 11.9 Å². The molecule has 7 nitrogen and oxygen atoms in total. The molecule has 31 heavy (non-hydrogen) atoms. The number of hydrogen-bond acceptors (Lipinski definition) is 4. The summed E-state index contributed by atoms with van der Waals surface area (Å²) in [4.78, 5) is 27.3. The highest BCUT2D eigenvalue weighted by Gasteiger charge is 2.16. The number of fused-ring (bicyclic) bond motifs is 1.